The first kappa shape index (κ1) is 5.92. The second-order valence-corrected chi connectivity index (χ2v) is 3.20. The van der Waals surface area contributed by atoms with Gasteiger partial charge in [-0.1, -0.05) is 6.92 Å². The van der Waals surface area contributed by atoms with E-state index in [2.05, 4.69) is 24.3 Å². The van der Waals surface area contributed by atoms with Gasteiger partial charge in [-0.3, -0.25) is 4.40 Å². The van der Waals surface area contributed by atoms with Crippen LogP contribution in [0, 0.1) is 6.20 Å². The zero-order valence-electron chi connectivity index (χ0n) is 5.66. The van der Waals surface area contributed by atoms with Crippen molar-refractivity contribution >= 4 is 16.3 Å². The molecule has 2 aromatic heterocycles. The van der Waals surface area contributed by atoms with E-state index >= 15 is 0 Å². The molecule has 2 rings (SSSR count). The second kappa shape index (κ2) is 2.09. The van der Waals surface area contributed by atoms with Crippen LogP contribution in [0.3, 0.4) is 0 Å². The van der Waals surface area contributed by atoms with Gasteiger partial charge in [0.1, 0.15) is 6.20 Å². The number of hydrogen-bond acceptors (Lipinski definition) is 2. The van der Waals surface area contributed by atoms with Gasteiger partial charge in [-0.25, -0.2) is 4.98 Å². The molecule has 0 saturated heterocycles. The molecule has 0 aliphatic carbocycles. The first-order chi connectivity index (χ1) is 4.90. The quantitative estimate of drug-likeness (QED) is 0.607. The summed E-state index contributed by atoms with van der Waals surface area (Å²) in [6.45, 7) is 2.15. The highest BCUT2D eigenvalue weighted by molar-refractivity contribution is 7.17. The third kappa shape index (κ3) is 0.743. The predicted octanol–water partition coefficient (Wildman–Crippen LogP) is 1.76. The SMILES string of the molecule is CCc1cn2c[c]nc2s1. The van der Waals surface area contributed by atoms with Gasteiger partial charge >= 0.3 is 0 Å². The van der Waals surface area contributed by atoms with Gasteiger partial charge in [0.15, 0.2) is 4.96 Å². The van der Waals surface area contributed by atoms with Gasteiger partial charge in [0.2, 0.25) is 0 Å². The van der Waals surface area contributed by atoms with Crippen LogP contribution in [0.25, 0.3) is 4.96 Å². The van der Waals surface area contributed by atoms with Gasteiger partial charge in [-0.2, -0.15) is 0 Å². The molecule has 2 nitrogen and oxygen atoms in total. The molecule has 0 atom stereocenters. The highest BCUT2D eigenvalue weighted by atomic mass is 32.1. The van der Waals surface area contributed by atoms with E-state index in [1.165, 1.54) is 4.88 Å². The van der Waals surface area contributed by atoms with Crippen molar-refractivity contribution in [2.24, 2.45) is 0 Å². The zero-order chi connectivity index (χ0) is 6.97. The third-order valence-electron chi connectivity index (χ3n) is 1.43. The Morgan fingerprint density at radius 2 is 2.70 bits per heavy atom. The summed E-state index contributed by atoms with van der Waals surface area (Å²) in [5, 5.41) is 0. The van der Waals surface area contributed by atoms with Crippen molar-refractivity contribution in [1.29, 1.82) is 0 Å². The van der Waals surface area contributed by atoms with Crippen LogP contribution in [0.4, 0.5) is 0 Å². The van der Waals surface area contributed by atoms with Gasteiger partial charge in [0.25, 0.3) is 0 Å². The molecule has 0 aliphatic rings. The fourth-order valence-corrected chi connectivity index (χ4v) is 1.74. The number of rotatable bonds is 1. The lowest BCUT2D eigenvalue weighted by Gasteiger charge is -1.79. The predicted molar refractivity (Wildman–Crippen MR) is 41.3 cm³/mol. The average Bonchev–Trinajstić information content (AvgIpc) is 2.42. The highest BCUT2D eigenvalue weighted by Gasteiger charge is 1.98. The number of aromatic nitrogens is 2. The summed E-state index contributed by atoms with van der Waals surface area (Å²) in [6.07, 6.45) is 7.84. The average molecular weight is 151 g/mol. The molecule has 0 saturated carbocycles. The molecule has 2 aromatic rings. The number of imidazole rings is 1. The van der Waals surface area contributed by atoms with Crippen molar-refractivity contribution < 1.29 is 0 Å². The van der Waals surface area contributed by atoms with E-state index in [1.807, 2.05) is 10.6 Å². The van der Waals surface area contributed by atoms with E-state index in [0.717, 1.165) is 11.4 Å². The molecule has 0 spiro atoms. The third-order valence-corrected chi connectivity index (χ3v) is 2.57. The summed E-state index contributed by atoms with van der Waals surface area (Å²) in [7, 11) is 0. The van der Waals surface area contributed by atoms with E-state index in [1.54, 1.807) is 11.3 Å². The summed E-state index contributed by atoms with van der Waals surface area (Å²) in [4.78, 5) is 6.45. The minimum absolute atomic E-state index is 1.04. The lowest BCUT2D eigenvalue weighted by atomic mass is 10.4. The molecule has 0 N–H and O–H groups in total. The lowest BCUT2D eigenvalue weighted by molar-refractivity contribution is 1.13. The van der Waals surface area contributed by atoms with Crippen molar-refractivity contribution in [3.8, 4) is 0 Å². The molecular weight excluding hydrogens is 144 g/mol. The molecular formula is C7H7N2S. The fourth-order valence-electron chi connectivity index (χ4n) is 0.889. The molecule has 0 amide bonds. The van der Waals surface area contributed by atoms with E-state index < -0.39 is 0 Å². The van der Waals surface area contributed by atoms with Gasteiger partial charge in [-0.15, -0.1) is 11.3 Å². The van der Waals surface area contributed by atoms with Crippen molar-refractivity contribution in [2.75, 3.05) is 0 Å². The number of hydrogen-bond donors (Lipinski definition) is 0. The van der Waals surface area contributed by atoms with E-state index in [4.69, 9.17) is 0 Å². The molecule has 0 fully saturated rings. The minimum atomic E-state index is 1.04. The Kier molecular flexibility index (Phi) is 1.24. The summed E-state index contributed by atoms with van der Waals surface area (Å²) in [5.74, 6) is 0. The Morgan fingerprint density at radius 1 is 1.80 bits per heavy atom. The molecule has 10 heavy (non-hydrogen) atoms. The maximum Gasteiger partial charge on any atom is 0.194 e. The van der Waals surface area contributed by atoms with E-state index in [-0.39, 0.29) is 0 Å². The van der Waals surface area contributed by atoms with Crippen molar-refractivity contribution in [1.82, 2.24) is 9.38 Å². The monoisotopic (exact) mass is 151 g/mol. The summed E-state index contributed by atoms with van der Waals surface area (Å²) in [6, 6.07) is 0. The van der Waals surface area contributed by atoms with Gasteiger partial charge < -0.3 is 0 Å². The molecule has 0 unspecified atom stereocenters. The smallest absolute Gasteiger partial charge is 0.194 e. The van der Waals surface area contributed by atoms with Crippen LogP contribution in [-0.2, 0) is 6.42 Å². The number of thiazole rings is 1. The van der Waals surface area contributed by atoms with Crippen LogP contribution in [0.5, 0.6) is 0 Å². The molecule has 0 bridgehead atoms. The van der Waals surface area contributed by atoms with Crippen molar-refractivity contribution in [3.63, 3.8) is 0 Å². The Labute approximate surface area is 63.1 Å². The summed E-state index contributed by atoms with van der Waals surface area (Å²) >= 11 is 1.72. The van der Waals surface area contributed by atoms with Crippen LogP contribution in [0.15, 0.2) is 12.4 Å². The maximum atomic E-state index is 4.04. The Hall–Kier alpha value is -0.830. The maximum absolute atomic E-state index is 4.04. The standard InChI is InChI=1S/C7H7N2S/c1-2-6-5-9-4-3-8-7(9)10-6/h4-5H,2H2,1H3. The minimum Gasteiger partial charge on any atom is -0.297 e. The van der Waals surface area contributed by atoms with Gasteiger partial charge in [0, 0.05) is 17.3 Å². The van der Waals surface area contributed by atoms with Crippen LogP contribution in [0.1, 0.15) is 11.8 Å². The summed E-state index contributed by atoms with van der Waals surface area (Å²) < 4.78 is 2.00. The lowest BCUT2D eigenvalue weighted by Crippen LogP contribution is -1.71. The molecule has 0 aromatic carbocycles. The largest absolute Gasteiger partial charge is 0.297 e. The van der Waals surface area contributed by atoms with Crippen LogP contribution < -0.4 is 0 Å². The van der Waals surface area contributed by atoms with Crippen LogP contribution >= 0.6 is 11.3 Å². The molecule has 0 aliphatic heterocycles. The Balaban J connectivity index is 2.67. The first-order valence-electron chi connectivity index (χ1n) is 3.23. The number of fused-ring (bicyclic) bond motifs is 1. The van der Waals surface area contributed by atoms with Crippen LogP contribution in [-0.4, -0.2) is 9.38 Å². The van der Waals surface area contributed by atoms with Gasteiger partial charge in [-0.05, 0) is 6.42 Å². The normalized spacial score (nSPS) is 10.9. The Bertz CT molecular complexity index is 305. The molecule has 1 radical (unpaired) electrons. The number of nitrogens with zero attached hydrogens (tertiary/aromatic N) is 2. The first-order valence-corrected chi connectivity index (χ1v) is 4.05. The topological polar surface area (TPSA) is 17.3 Å². The fraction of sp³-hybridized carbons (Fsp3) is 0.286. The van der Waals surface area contributed by atoms with Gasteiger partial charge in [0.05, 0.1) is 0 Å². The van der Waals surface area contributed by atoms with Crippen molar-refractivity contribution in [2.45, 2.75) is 13.3 Å². The summed E-state index contributed by atoms with van der Waals surface area (Å²) in [5.41, 5.74) is 0. The molecule has 3 heteroatoms. The zero-order valence-corrected chi connectivity index (χ0v) is 6.48. The van der Waals surface area contributed by atoms with Crippen LogP contribution in [0.2, 0.25) is 0 Å². The van der Waals surface area contributed by atoms with E-state index in [0.29, 0.717) is 0 Å². The Morgan fingerprint density at radius 3 is 3.40 bits per heavy atom. The van der Waals surface area contributed by atoms with E-state index in [9.17, 15) is 0 Å². The number of aryl methyl sites for hydroxylation is 1. The molecule has 2 heterocycles. The van der Waals surface area contributed by atoms with Crippen molar-refractivity contribution in [3.05, 3.63) is 23.5 Å². The molecule has 51 valence electrons. The highest BCUT2D eigenvalue weighted by Crippen LogP contribution is 2.15. The second-order valence-electron chi connectivity index (χ2n) is 2.11.